The lowest BCUT2D eigenvalue weighted by molar-refractivity contribution is 0.510. The second-order valence-corrected chi connectivity index (χ2v) is 2.69. The highest BCUT2D eigenvalue weighted by Crippen LogP contribution is 2.09. The fraction of sp³-hybridized carbons (Fsp3) is 0.444. The van der Waals surface area contributed by atoms with Crippen LogP contribution in [0.1, 0.15) is 24.7 Å². The first kappa shape index (κ1) is 8.84. The van der Waals surface area contributed by atoms with Crippen molar-refractivity contribution in [3.05, 3.63) is 23.7 Å². The number of hydrogen-bond donors (Lipinski definition) is 1. The van der Waals surface area contributed by atoms with Crippen molar-refractivity contribution in [1.29, 1.82) is 0 Å². The molecule has 0 aliphatic heterocycles. The van der Waals surface area contributed by atoms with E-state index in [0.717, 1.165) is 17.7 Å². The van der Waals surface area contributed by atoms with Gasteiger partial charge in [-0.15, -0.1) is 0 Å². The number of furan rings is 1. The van der Waals surface area contributed by atoms with Crippen molar-refractivity contribution in [1.82, 2.24) is 0 Å². The largest absolute Gasteiger partial charge is 0.467 e. The van der Waals surface area contributed by atoms with Gasteiger partial charge in [-0.3, -0.25) is 4.99 Å². The summed E-state index contributed by atoms with van der Waals surface area (Å²) in [6.07, 6.45) is 2.46. The van der Waals surface area contributed by atoms with Crippen LogP contribution in [0, 0.1) is 6.92 Å². The molecule has 12 heavy (non-hydrogen) atoms. The summed E-state index contributed by atoms with van der Waals surface area (Å²) < 4.78 is 5.20. The van der Waals surface area contributed by atoms with E-state index in [1.54, 1.807) is 6.26 Å². The number of rotatable bonds is 3. The molecule has 66 valence electrons. The van der Waals surface area contributed by atoms with Gasteiger partial charge in [-0.25, -0.2) is 0 Å². The molecule has 0 bridgehead atoms. The zero-order valence-electron chi connectivity index (χ0n) is 7.50. The Morgan fingerprint density at radius 1 is 1.67 bits per heavy atom. The predicted octanol–water partition coefficient (Wildman–Crippen LogP) is 1.86. The molecular formula is C9H14N2O. The third kappa shape index (κ3) is 2.12. The van der Waals surface area contributed by atoms with Crippen LogP contribution < -0.4 is 5.73 Å². The van der Waals surface area contributed by atoms with E-state index in [-0.39, 0.29) is 0 Å². The van der Waals surface area contributed by atoms with Crippen molar-refractivity contribution in [3.63, 3.8) is 0 Å². The van der Waals surface area contributed by atoms with Crippen molar-refractivity contribution in [2.45, 2.75) is 26.8 Å². The lowest BCUT2D eigenvalue weighted by atomic mass is 10.3. The molecule has 0 aromatic carbocycles. The standard InChI is InChI=1S/C9H14N2O/c1-3-9(10)11-6-8-7(2)4-5-12-8/h4-5H,3,6H2,1-2H3,(H2,10,11). The van der Waals surface area contributed by atoms with Gasteiger partial charge < -0.3 is 10.2 Å². The van der Waals surface area contributed by atoms with Crippen molar-refractivity contribution in [2.24, 2.45) is 10.7 Å². The average molecular weight is 166 g/mol. The fourth-order valence-electron chi connectivity index (χ4n) is 0.851. The zero-order valence-corrected chi connectivity index (χ0v) is 7.50. The van der Waals surface area contributed by atoms with Crippen LogP contribution in [0.2, 0.25) is 0 Å². The molecule has 0 saturated carbocycles. The molecule has 1 rings (SSSR count). The lowest BCUT2D eigenvalue weighted by Crippen LogP contribution is -2.09. The third-order valence-corrected chi connectivity index (χ3v) is 1.76. The Kier molecular flexibility index (Phi) is 2.91. The van der Waals surface area contributed by atoms with Gasteiger partial charge in [-0.1, -0.05) is 6.92 Å². The molecule has 3 nitrogen and oxygen atoms in total. The average Bonchev–Trinajstić information content (AvgIpc) is 2.47. The first-order chi connectivity index (χ1) is 5.74. The summed E-state index contributed by atoms with van der Waals surface area (Å²) in [5, 5.41) is 0. The first-order valence-corrected chi connectivity index (χ1v) is 4.05. The predicted molar refractivity (Wildman–Crippen MR) is 49.1 cm³/mol. The van der Waals surface area contributed by atoms with Gasteiger partial charge in [-0.2, -0.15) is 0 Å². The molecule has 1 heterocycles. The highest BCUT2D eigenvalue weighted by atomic mass is 16.3. The molecule has 3 heteroatoms. The minimum atomic E-state index is 0.554. The van der Waals surface area contributed by atoms with E-state index < -0.39 is 0 Å². The molecule has 1 aromatic rings. The van der Waals surface area contributed by atoms with Crippen molar-refractivity contribution < 1.29 is 4.42 Å². The summed E-state index contributed by atoms with van der Waals surface area (Å²) in [6.45, 7) is 4.53. The van der Waals surface area contributed by atoms with Crippen LogP contribution in [-0.4, -0.2) is 5.84 Å². The molecule has 1 aromatic heterocycles. The maximum Gasteiger partial charge on any atom is 0.128 e. The van der Waals surface area contributed by atoms with Gasteiger partial charge in [0, 0.05) is 6.42 Å². The molecular weight excluding hydrogens is 152 g/mol. The van der Waals surface area contributed by atoms with Gasteiger partial charge in [0.15, 0.2) is 0 Å². The normalized spacial score (nSPS) is 12.0. The van der Waals surface area contributed by atoms with Crippen LogP contribution in [0.5, 0.6) is 0 Å². The van der Waals surface area contributed by atoms with E-state index in [9.17, 15) is 0 Å². The number of amidine groups is 1. The van der Waals surface area contributed by atoms with E-state index >= 15 is 0 Å². The highest BCUT2D eigenvalue weighted by molar-refractivity contribution is 5.79. The summed E-state index contributed by atoms with van der Waals surface area (Å²) in [5.74, 6) is 1.57. The Bertz CT molecular complexity index is 276. The number of hydrogen-bond acceptors (Lipinski definition) is 2. The minimum Gasteiger partial charge on any atom is -0.467 e. The van der Waals surface area contributed by atoms with E-state index in [4.69, 9.17) is 10.2 Å². The number of nitrogens with two attached hydrogens (primary N) is 1. The van der Waals surface area contributed by atoms with E-state index in [1.165, 1.54) is 0 Å². The quantitative estimate of drug-likeness (QED) is 0.550. The SMILES string of the molecule is CCC(N)=NCc1occc1C. The first-order valence-electron chi connectivity index (χ1n) is 4.05. The highest BCUT2D eigenvalue weighted by Gasteiger charge is 1.99. The van der Waals surface area contributed by atoms with Gasteiger partial charge >= 0.3 is 0 Å². The summed E-state index contributed by atoms with van der Waals surface area (Å²) in [4.78, 5) is 4.15. The molecule has 0 spiro atoms. The van der Waals surface area contributed by atoms with Crippen molar-refractivity contribution in [2.75, 3.05) is 0 Å². The van der Waals surface area contributed by atoms with Crippen LogP contribution in [-0.2, 0) is 6.54 Å². The van der Waals surface area contributed by atoms with Crippen LogP contribution in [0.25, 0.3) is 0 Å². The molecule has 0 aliphatic carbocycles. The van der Waals surface area contributed by atoms with Crippen LogP contribution in [0.3, 0.4) is 0 Å². The van der Waals surface area contributed by atoms with Gasteiger partial charge in [0.05, 0.1) is 18.6 Å². The Hall–Kier alpha value is -1.25. The zero-order chi connectivity index (χ0) is 8.97. The number of aliphatic imine (C=N–C) groups is 1. The molecule has 0 atom stereocenters. The van der Waals surface area contributed by atoms with Gasteiger partial charge in [0.2, 0.25) is 0 Å². The Labute approximate surface area is 72.3 Å². The molecule has 0 fully saturated rings. The van der Waals surface area contributed by atoms with Crippen molar-refractivity contribution in [3.8, 4) is 0 Å². The summed E-state index contributed by atoms with van der Waals surface area (Å²) in [5.41, 5.74) is 6.68. The fourth-order valence-corrected chi connectivity index (χ4v) is 0.851. The van der Waals surface area contributed by atoms with Crippen molar-refractivity contribution >= 4 is 5.84 Å². The molecule has 0 unspecified atom stereocenters. The Balaban J connectivity index is 2.59. The topological polar surface area (TPSA) is 51.5 Å². The smallest absolute Gasteiger partial charge is 0.128 e. The molecule has 0 saturated heterocycles. The third-order valence-electron chi connectivity index (χ3n) is 1.76. The van der Waals surface area contributed by atoms with E-state index in [0.29, 0.717) is 12.4 Å². The monoisotopic (exact) mass is 166 g/mol. The Morgan fingerprint density at radius 2 is 2.42 bits per heavy atom. The van der Waals surface area contributed by atoms with Gasteiger partial charge in [0.1, 0.15) is 5.76 Å². The van der Waals surface area contributed by atoms with Crippen LogP contribution >= 0.6 is 0 Å². The molecule has 0 aliphatic rings. The second-order valence-electron chi connectivity index (χ2n) is 2.69. The molecule has 0 amide bonds. The van der Waals surface area contributed by atoms with Gasteiger partial charge in [0.25, 0.3) is 0 Å². The second kappa shape index (κ2) is 3.95. The maximum absolute atomic E-state index is 5.55. The van der Waals surface area contributed by atoms with Crippen LogP contribution in [0.15, 0.2) is 21.7 Å². The summed E-state index contributed by atoms with van der Waals surface area (Å²) in [7, 11) is 0. The molecule has 0 radical (unpaired) electrons. The Morgan fingerprint density at radius 3 is 2.92 bits per heavy atom. The van der Waals surface area contributed by atoms with Crippen LogP contribution in [0.4, 0.5) is 0 Å². The lowest BCUT2D eigenvalue weighted by Gasteiger charge is -1.95. The van der Waals surface area contributed by atoms with Gasteiger partial charge in [-0.05, 0) is 18.6 Å². The minimum absolute atomic E-state index is 0.554. The number of aryl methyl sites for hydroxylation is 1. The summed E-state index contributed by atoms with van der Waals surface area (Å²) in [6, 6.07) is 1.92. The molecule has 2 N–H and O–H groups in total. The van der Waals surface area contributed by atoms with E-state index in [2.05, 4.69) is 4.99 Å². The van der Waals surface area contributed by atoms with E-state index in [1.807, 2.05) is 19.9 Å². The summed E-state index contributed by atoms with van der Waals surface area (Å²) >= 11 is 0. The maximum atomic E-state index is 5.55. The number of nitrogens with zero attached hydrogens (tertiary/aromatic N) is 1.